The fourth-order valence-corrected chi connectivity index (χ4v) is 2.28. The molecular weight excluding hydrogens is 202 g/mol. The molecule has 1 rings (SSSR count). The second-order valence-electron chi connectivity index (χ2n) is 4.24. The van der Waals surface area contributed by atoms with Crippen LogP contribution in [-0.4, -0.2) is 5.75 Å². The highest BCUT2D eigenvalue weighted by Gasteiger charge is 2.07. The van der Waals surface area contributed by atoms with E-state index < -0.39 is 0 Å². The van der Waals surface area contributed by atoms with Crippen LogP contribution in [0.3, 0.4) is 0 Å². The number of benzene rings is 1. The molecule has 0 saturated heterocycles. The smallest absolute Gasteiger partial charge is 0.0297 e. The summed E-state index contributed by atoms with van der Waals surface area (Å²) < 4.78 is 0. The van der Waals surface area contributed by atoms with Gasteiger partial charge in [0.25, 0.3) is 0 Å². The van der Waals surface area contributed by atoms with Gasteiger partial charge in [-0.3, -0.25) is 0 Å². The van der Waals surface area contributed by atoms with Gasteiger partial charge in [0.1, 0.15) is 0 Å². The van der Waals surface area contributed by atoms with Crippen LogP contribution in [0.2, 0.25) is 0 Å². The maximum atomic E-state index is 6.11. The summed E-state index contributed by atoms with van der Waals surface area (Å²) in [6.07, 6.45) is 1.06. The number of nitrogens with two attached hydrogens (primary N) is 1. The van der Waals surface area contributed by atoms with E-state index in [2.05, 4.69) is 45.0 Å². The van der Waals surface area contributed by atoms with Gasteiger partial charge < -0.3 is 5.73 Å². The average molecular weight is 223 g/mol. The summed E-state index contributed by atoms with van der Waals surface area (Å²) in [6.45, 7) is 6.59. The normalized spacial score (nSPS) is 13.1. The van der Waals surface area contributed by atoms with Crippen LogP contribution in [0, 0.1) is 5.92 Å². The summed E-state index contributed by atoms with van der Waals surface area (Å²) in [4.78, 5) is 1.33. The highest BCUT2D eigenvalue weighted by Crippen LogP contribution is 2.22. The maximum absolute atomic E-state index is 6.11. The third kappa shape index (κ3) is 4.27. The molecule has 1 aromatic rings. The summed E-state index contributed by atoms with van der Waals surface area (Å²) in [5.41, 5.74) is 7.37. The molecular formula is C13H21NS. The summed E-state index contributed by atoms with van der Waals surface area (Å²) in [7, 11) is 0. The van der Waals surface area contributed by atoms with Crippen molar-refractivity contribution in [3.05, 3.63) is 29.8 Å². The van der Waals surface area contributed by atoms with E-state index in [1.807, 2.05) is 11.8 Å². The van der Waals surface area contributed by atoms with Crippen LogP contribution in [0.25, 0.3) is 0 Å². The highest BCUT2D eigenvalue weighted by molar-refractivity contribution is 7.99. The average Bonchev–Trinajstić information content (AvgIpc) is 2.18. The molecule has 2 heteroatoms. The zero-order valence-electron chi connectivity index (χ0n) is 9.86. The Hall–Kier alpha value is -0.470. The molecule has 84 valence electrons. The fraction of sp³-hybridized carbons (Fsp3) is 0.538. The van der Waals surface area contributed by atoms with E-state index in [1.165, 1.54) is 10.5 Å². The van der Waals surface area contributed by atoms with Crippen LogP contribution in [0.5, 0.6) is 0 Å². The second kappa shape index (κ2) is 6.19. The number of hydrogen-bond acceptors (Lipinski definition) is 2. The fourth-order valence-electron chi connectivity index (χ4n) is 1.62. The summed E-state index contributed by atoms with van der Waals surface area (Å²) in [5.74, 6) is 1.78. The van der Waals surface area contributed by atoms with Crippen LogP contribution in [0.4, 0.5) is 0 Å². The van der Waals surface area contributed by atoms with Crippen molar-refractivity contribution in [2.45, 2.75) is 38.1 Å². The van der Waals surface area contributed by atoms with Crippen molar-refractivity contribution in [3.8, 4) is 0 Å². The van der Waals surface area contributed by atoms with Gasteiger partial charge in [0, 0.05) is 10.9 Å². The van der Waals surface area contributed by atoms with E-state index in [4.69, 9.17) is 5.73 Å². The van der Waals surface area contributed by atoms with Crippen molar-refractivity contribution < 1.29 is 0 Å². The Balaban J connectivity index is 2.62. The lowest BCUT2D eigenvalue weighted by molar-refractivity contribution is 0.510. The minimum absolute atomic E-state index is 0.186. The molecule has 0 aliphatic carbocycles. The second-order valence-corrected chi connectivity index (χ2v) is 5.58. The first kappa shape index (κ1) is 12.6. The van der Waals surface area contributed by atoms with E-state index >= 15 is 0 Å². The van der Waals surface area contributed by atoms with Crippen LogP contribution in [0.15, 0.2) is 29.2 Å². The van der Waals surface area contributed by atoms with Gasteiger partial charge in [-0.2, -0.15) is 0 Å². The number of thioether (sulfide) groups is 1. The topological polar surface area (TPSA) is 26.0 Å². The molecule has 0 aliphatic heterocycles. The van der Waals surface area contributed by atoms with E-state index in [1.54, 1.807) is 0 Å². The third-order valence-electron chi connectivity index (χ3n) is 2.34. The van der Waals surface area contributed by atoms with Crippen molar-refractivity contribution in [2.75, 3.05) is 5.75 Å². The molecule has 0 aromatic heterocycles. The molecule has 0 heterocycles. The Morgan fingerprint density at radius 1 is 1.20 bits per heavy atom. The van der Waals surface area contributed by atoms with Crippen LogP contribution in [0.1, 0.15) is 38.8 Å². The van der Waals surface area contributed by atoms with Crippen LogP contribution >= 0.6 is 11.8 Å². The van der Waals surface area contributed by atoms with Gasteiger partial charge in [-0.05, 0) is 35.8 Å². The lowest BCUT2D eigenvalue weighted by Gasteiger charge is -2.14. The first-order valence-electron chi connectivity index (χ1n) is 5.61. The van der Waals surface area contributed by atoms with Crippen molar-refractivity contribution in [3.63, 3.8) is 0 Å². The number of rotatable bonds is 5. The van der Waals surface area contributed by atoms with Crippen molar-refractivity contribution >= 4 is 11.8 Å². The SMILES string of the molecule is CCSc1ccc([C@H](N)CC(C)C)cc1. The minimum atomic E-state index is 0.186. The molecule has 0 aliphatic rings. The standard InChI is InChI=1S/C13H21NS/c1-4-15-12-7-5-11(6-8-12)13(14)9-10(2)3/h5-8,10,13H,4,9,14H2,1-3H3/t13-/m1/s1. The van der Waals surface area contributed by atoms with E-state index in [9.17, 15) is 0 Å². The summed E-state index contributed by atoms with van der Waals surface area (Å²) in [5, 5.41) is 0. The quantitative estimate of drug-likeness (QED) is 0.767. The lowest BCUT2D eigenvalue weighted by Crippen LogP contribution is -2.12. The molecule has 0 radical (unpaired) electrons. The predicted octanol–water partition coefficient (Wildman–Crippen LogP) is 3.84. The number of hydrogen-bond donors (Lipinski definition) is 1. The molecule has 0 saturated carbocycles. The van der Waals surface area contributed by atoms with Gasteiger partial charge in [0.2, 0.25) is 0 Å². The molecule has 0 spiro atoms. The zero-order valence-corrected chi connectivity index (χ0v) is 10.7. The van der Waals surface area contributed by atoms with Crippen molar-refractivity contribution in [1.82, 2.24) is 0 Å². The molecule has 0 amide bonds. The Morgan fingerprint density at radius 3 is 2.27 bits per heavy atom. The first-order valence-corrected chi connectivity index (χ1v) is 6.60. The zero-order chi connectivity index (χ0) is 11.3. The van der Waals surface area contributed by atoms with E-state index in [-0.39, 0.29) is 6.04 Å². The van der Waals surface area contributed by atoms with Gasteiger partial charge >= 0.3 is 0 Å². The molecule has 2 N–H and O–H groups in total. The largest absolute Gasteiger partial charge is 0.324 e. The van der Waals surface area contributed by atoms with Crippen LogP contribution in [-0.2, 0) is 0 Å². The van der Waals surface area contributed by atoms with Gasteiger partial charge in [-0.1, -0.05) is 32.9 Å². The third-order valence-corrected chi connectivity index (χ3v) is 3.24. The van der Waals surface area contributed by atoms with E-state index in [0.29, 0.717) is 5.92 Å². The molecule has 1 atom stereocenters. The Bertz CT molecular complexity index is 279. The molecule has 0 unspecified atom stereocenters. The van der Waals surface area contributed by atoms with Crippen molar-refractivity contribution in [2.24, 2.45) is 11.7 Å². The maximum Gasteiger partial charge on any atom is 0.0297 e. The molecule has 0 fully saturated rings. The Morgan fingerprint density at radius 2 is 1.80 bits per heavy atom. The van der Waals surface area contributed by atoms with Crippen LogP contribution < -0.4 is 5.73 Å². The minimum Gasteiger partial charge on any atom is -0.324 e. The molecule has 0 bridgehead atoms. The Kier molecular flexibility index (Phi) is 5.20. The summed E-state index contributed by atoms with van der Waals surface area (Å²) in [6, 6.07) is 8.84. The lowest BCUT2D eigenvalue weighted by atomic mass is 9.98. The van der Waals surface area contributed by atoms with Gasteiger partial charge in [0.15, 0.2) is 0 Å². The molecule has 1 aromatic carbocycles. The molecule has 1 nitrogen and oxygen atoms in total. The predicted molar refractivity (Wildman–Crippen MR) is 69.2 cm³/mol. The Labute approximate surface area is 97.4 Å². The van der Waals surface area contributed by atoms with Gasteiger partial charge in [0.05, 0.1) is 0 Å². The summed E-state index contributed by atoms with van der Waals surface area (Å²) >= 11 is 1.87. The highest BCUT2D eigenvalue weighted by atomic mass is 32.2. The van der Waals surface area contributed by atoms with Gasteiger partial charge in [-0.15, -0.1) is 11.8 Å². The monoisotopic (exact) mass is 223 g/mol. The molecule has 15 heavy (non-hydrogen) atoms. The first-order chi connectivity index (χ1) is 7.13. The van der Waals surface area contributed by atoms with Gasteiger partial charge in [-0.25, -0.2) is 0 Å². The van der Waals surface area contributed by atoms with E-state index in [0.717, 1.165) is 12.2 Å². The van der Waals surface area contributed by atoms with Crippen molar-refractivity contribution in [1.29, 1.82) is 0 Å².